The summed E-state index contributed by atoms with van der Waals surface area (Å²) < 4.78 is 6.67. The van der Waals surface area contributed by atoms with E-state index in [4.69, 9.17) is 9.84 Å². The van der Waals surface area contributed by atoms with Crippen molar-refractivity contribution in [2.24, 2.45) is 0 Å². The Morgan fingerprint density at radius 1 is 1.00 bits per heavy atom. The number of anilines is 1. The number of rotatable bonds is 6. The number of carboxylic acid groups (broad SMARTS) is 1. The molecular weight excluding hydrogens is 518 g/mol. The summed E-state index contributed by atoms with van der Waals surface area (Å²) in [6.45, 7) is 8.49. The summed E-state index contributed by atoms with van der Waals surface area (Å²) in [5.74, 6) is 0.146. The molecule has 4 amide bonds. The molecule has 1 atom stereocenters. The highest BCUT2D eigenvalue weighted by molar-refractivity contribution is 5.88. The van der Waals surface area contributed by atoms with Crippen molar-refractivity contribution in [2.75, 3.05) is 31.5 Å². The molecule has 0 bridgehead atoms. The monoisotopic (exact) mass is 555 g/mol. The van der Waals surface area contributed by atoms with Crippen LogP contribution in [0.25, 0.3) is 5.69 Å². The van der Waals surface area contributed by atoms with Gasteiger partial charge in [0.2, 0.25) is 0 Å². The van der Waals surface area contributed by atoms with Gasteiger partial charge < -0.3 is 25.4 Å². The highest BCUT2D eigenvalue weighted by Crippen LogP contribution is 2.17. The zero-order valence-corrected chi connectivity index (χ0v) is 23.1. The fourth-order valence-corrected chi connectivity index (χ4v) is 4.82. The van der Waals surface area contributed by atoms with Crippen LogP contribution in [0, 0.1) is 0 Å². The Morgan fingerprint density at radius 3 is 2.30 bits per heavy atom. The van der Waals surface area contributed by atoms with Crippen molar-refractivity contribution in [1.29, 1.82) is 0 Å². The van der Waals surface area contributed by atoms with E-state index in [2.05, 4.69) is 25.8 Å². The number of hydrogen-bond acceptors (Lipinski definition) is 7. The van der Waals surface area contributed by atoms with Gasteiger partial charge in [-0.05, 0) is 63.8 Å². The number of carbonyl (C=O) groups is 3. The Hall–Kier alpha value is -4.13. The van der Waals surface area contributed by atoms with Crippen molar-refractivity contribution >= 4 is 24.0 Å². The number of hydrogen-bond donors (Lipinski definition) is 4. The smallest absolute Gasteiger partial charge is 0.407 e. The average molecular weight is 556 g/mol. The van der Waals surface area contributed by atoms with Crippen LogP contribution in [-0.2, 0) is 11.3 Å². The molecule has 13 nitrogen and oxygen atoms in total. The molecule has 3 heterocycles. The zero-order valence-electron chi connectivity index (χ0n) is 23.1. The summed E-state index contributed by atoms with van der Waals surface area (Å²) in [4.78, 5) is 56.1. The van der Waals surface area contributed by atoms with Crippen LogP contribution in [0.4, 0.5) is 20.2 Å². The molecule has 0 aliphatic carbocycles. The number of piperidine rings is 1. The molecule has 4 N–H and O–H groups in total. The SMILES string of the molecule is CC(C)(C)OC(=O)N[C@@H]1CCN(C(=O)Nc2ccn(-c3ccc(CN4CCC(NC(=O)O)CC4)cc3)c(=O)n2)C1. The molecular formula is C27H37N7O6. The number of likely N-dealkylation sites (tertiary alicyclic amines) is 2. The van der Waals surface area contributed by atoms with Crippen molar-refractivity contribution in [3.8, 4) is 5.69 Å². The molecule has 4 rings (SSSR count). The first-order valence-corrected chi connectivity index (χ1v) is 13.4. The molecule has 0 unspecified atom stereocenters. The fraction of sp³-hybridized carbons (Fsp3) is 0.519. The van der Waals surface area contributed by atoms with Crippen LogP contribution in [0.3, 0.4) is 0 Å². The summed E-state index contributed by atoms with van der Waals surface area (Å²) in [6.07, 6.45) is 2.21. The summed E-state index contributed by atoms with van der Waals surface area (Å²) in [6, 6.07) is 8.54. The number of benzene rings is 1. The Kier molecular flexibility index (Phi) is 8.93. The summed E-state index contributed by atoms with van der Waals surface area (Å²) in [7, 11) is 0. The average Bonchev–Trinajstić information content (AvgIpc) is 3.33. The van der Waals surface area contributed by atoms with Gasteiger partial charge in [0.25, 0.3) is 0 Å². The maximum Gasteiger partial charge on any atom is 0.407 e. The molecule has 0 spiro atoms. The van der Waals surface area contributed by atoms with Gasteiger partial charge in [-0.2, -0.15) is 4.98 Å². The number of carbonyl (C=O) groups excluding carboxylic acids is 2. The highest BCUT2D eigenvalue weighted by atomic mass is 16.6. The zero-order chi connectivity index (χ0) is 28.9. The Labute approximate surface area is 232 Å². The van der Waals surface area contributed by atoms with Crippen LogP contribution >= 0.6 is 0 Å². The second-order valence-electron chi connectivity index (χ2n) is 11.1. The van der Waals surface area contributed by atoms with E-state index >= 15 is 0 Å². The Bertz CT molecular complexity index is 1270. The number of ether oxygens (including phenoxy) is 1. The number of aromatic nitrogens is 2. The minimum Gasteiger partial charge on any atom is -0.465 e. The van der Waals surface area contributed by atoms with Crippen molar-refractivity contribution in [3.63, 3.8) is 0 Å². The first-order chi connectivity index (χ1) is 18.9. The quantitative estimate of drug-likeness (QED) is 0.423. The van der Waals surface area contributed by atoms with Crippen LogP contribution in [0.5, 0.6) is 0 Å². The summed E-state index contributed by atoms with van der Waals surface area (Å²) in [5.41, 5.74) is 0.613. The van der Waals surface area contributed by atoms with Gasteiger partial charge >= 0.3 is 23.9 Å². The molecule has 2 fully saturated rings. The van der Waals surface area contributed by atoms with E-state index in [1.165, 1.54) is 4.57 Å². The van der Waals surface area contributed by atoms with Gasteiger partial charge in [-0.15, -0.1) is 0 Å². The Morgan fingerprint density at radius 2 is 1.68 bits per heavy atom. The molecule has 1 aromatic carbocycles. The second kappa shape index (κ2) is 12.4. The number of urea groups is 1. The second-order valence-corrected chi connectivity index (χ2v) is 11.1. The van der Waals surface area contributed by atoms with E-state index in [-0.39, 0.29) is 17.9 Å². The van der Waals surface area contributed by atoms with Gasteiger partial charge in [0.05, 0.1) is 11.7 Å². The lowest BCUT2D eigenvalue weighted by atomic mass is 10.0. The van der Waals surface area contributed by atoms with E-state index in [0.29, 0.717) is 25.2 Å². The molecule has 2 aliphatic rings. The van der Waals surface area contributed by atoms with Crippen LogP contribution in [0.1, 0.15) is 45.6 Å². The van der Waals surface area contributed by atoms with Crippen molar-refractivity contribution in [3.05, 3.63) is 52.6 Å². The van der Waals surface area contributed by atoms with E-state index < -0.39 is 29.5 Å². The maximum atomic E-state index is 12.7. The lowest BCUT2D eigenvalue weighted by molar-refractivity contribution is 0.0506. The molecule has 1 aromatic heterocycles. The maximum absolute atomic E-state index is 12.7. The van der Waals surface area contributed by atoms with Crippen molar-refractivity contribution in [1.82, 2.24) is 30.0 Å². The van der Waals surface area contributed by atoms with E-state index in [9.17, 15) is 19.2 Å². The van der Waals surface area contributed by atoms with E-state index in [0.717, 1.165) is 38.0 Å². The minimum atomic E-state index is -0.983. The van der Waals surface area contributed by atoms with Crippen LogP contribution in [-0.4, -0.2) is 86.5 Å². The van der Waals surface area contributed by atoms with Crippen molar-refractivity contribution < 1.29 is 24.2 Å². The summed E-state index contributed by atoms with van der Waals surface area (Å²) >= 11 is 0. The number of amides is 4. The van der Waals surface area contributed by atoms with Crippen molar-refractivity contribution in [2.45, 2.75) is 64.3 Å². The fourth-order valence-electron chi connectivity index (χ4n) is 4.82. The Balaban J connectivity index is 1.27. The van der Waals surface area contributed by atoms with E-state index in [1.54, 1.807) is 37.9 Å². The van der Waals surface area contributed by atoms with Crippen LogP contribution in [0.2, 0.25) is 0 Å². The van der Waals surface area contributed by atoms with Crippen LogP contribution < -0.4 is 21.6 Å². The molecule has 2 saturated heterocycles. The summed E-state index contributed by atoms with van der Waals surface area (Å²) in [5, 5.41) is 16.9. The molecule has 0 radical (unpaired) electrons. The molecule has 216 valence electrons. The predicted octanol–water partition coefficient (Wildman–Crippen LogP) is 2.60. The van der Waals surface area contributed by atoms with Gasteiger partial charge in [-0.3, -0.25) is 14.8 Å². The first-order valence-electron chi connectivity index (χ1n) is 13.4. The third-order valence-electron chi connectivity index (χ3n) is 6.77. The molecule has 13 heteroatoms. The third-order valence-corrected chi connectivity index (χ3v) is 6.77. The van der Waals surface area contributed by atoms with Gasteiger partial charge in [0.1, 0.15) is 11.4 Å². The third kappa shape index (κ3) is 8.18. The first kappa shape index (κ1) is 28.9. The van der Waals surface area contributed by atoms with Crippen LogP contribution in [0.15, 0.2) is 41.3 Å². The number of nitrogens with zero attached hydrogens (tertiary/aromatic N) is 4. The standard InChI is InChI=1S/C27H37N7O6/c1-27(2,3)40-26(39)29-20-10-14-33(17-20)23(35)30-22-11-15-34(24(36)31-22)21-6-4-18(5-7-21)16-32-12-8-19(9-13-32)28-25(37)38/h4-7,11,15,19-20,28H,8-10,12-14,16-17H2,1-3H3,(H,29,39)(H,37,38)(H,30,31,35,36)/t20-/m1/s1. The molecule has 2 aliphatic heterocycles. The molecule has 0 saturated carbocycles. The largest absolute Gasteiger partial charge is 0.465 e. The lowest BCUT2D eigenvalue weighted by Gasteiger charge is -2.31. The van der Waals surface area contributed by atoms with E-state index in [1.807, 2.05) is 24.3 Å². The normalized spacial score (nSPS) is 18.3. The number of nitrogens with one attached hydrogen (secondary N) is 3. The number of alkyl carbamates (subject to hydrolysis) is 1. The predicted molar refractivity (Wildman–Crippen MR) is 148 cm³/mol. The topological polar surface area (TPSA) is 158 Å². The molecule has 2 aromatic rings. The van der Waals surface area contributed by atoms with Gasteiger partial charge in [0.15, 0.2) is 0 Å². The van der Waals surface area contributed by atoms with Gasteiger partial charge in [-0.25, -0.2) is 19.2 Å². The minimum absolute atomic E-state index is 0.00306. The highest BCUT2D eigenvalue weighted by Gasteiger charge is 2.29. The van der Waals surface area contributed by atoms with Gasteiger partial charge in [0, 0.05) is 45.0 Å². The van der Waals surface area contributed by atoms with Gasteiger partial charge in [-0.1, -0.05) is 12.1 Å². The molecule has 40 heavy (non-hydrogen) atoms. The lowest BCUT2D eigenvalue weighted by Crippen LogP contribution is -2.43.